The Morgan fingerprint density at radius 1 is 1.33 bits per heavy atom. The molecule has 0 aromatic carbocycles. The molecule has 54 valence electrons. The summed E-state index contributed by atoms with van der Waals surface area (Å²) < 4.78 is 16.9. The van der Waals surface area contributed by atoms with Gasteiger partial charge in [-0.05, 0) is 17.4 Å². The fourth-order valence-electron chi connectivity index (χ4n) is 0. The molecule has 0 aliphatic heterocycles. The first-order valence-electron chi connectivity index (χ1n) is 1.67. The fourth-order valence-corrected chi connectivity index (χ4v) is 0. The van der Waals surface area contributed by atoms with Crippen molar-refractivity contribution in [1.82, 2.24) is 0 Å². The van der Waals surface area contributed by atoms with E-state index in [-0.39, 0.29) is 5.47 Å². The molecule has 0 aliphatic carbocycles. The molecule has 8 heteroatoms. The molecule has 1 N–H and O–H groups in total. The minimum atomic E-state index is -1.75. The van der Waals surface area contributed by atoms with Crippen molar-refractivity contribution < 1.29 is 24.0 Å². The van der Waals surface area contributed by atoms with Gasteiger partial charge in [-0.2, -0.15) is 0 Å². The molecule has 0 spiro atoms. The van der Waals surface area contributed by atoms with Gasteiger partial charge in [0.1, 0.15) is 0 Å². The predicted octanol–water partition coefficient (Wildman–Crippen LogP) is -2.86. The summed E-state index contributed by atoms with van der Waals surface area (Å²) in [4.78, 5) is 16.9. The summed E-state index contributed by atoms with van der Waals surface area (Å²) in [6.45, 7) is 0. The van der Waals surface area contributed by atoms with Gasteiger partial charge in [0.05, 0.1) is 0 Å². The van der Waals surface area contributed by atoms with Crippen LogP contribution in [0.5, 0.6) is 0 Å². The molecule has 5 nitrogen and oxygen atoms in total. The van der Waals surface area contributed by atoms with Gasteiger partial charge in [0.15, 0.2) is 0 Å². The van der Waals surface area contributed by atoms with Gasteiger partial charge in [0.25, 0.3) is 0 Å². The zero-order chi connectivity index (χ0) is 8.12. The van der Waals surface area contributed by atoms with E-state index in [4.69, 9.17) is 24.0 Å². The molecule has 9 heavy (non-hydrogen) atoms. The van der Waals surface area contributed by atoms with E-state index in [2.05, 4.69) is 16.3 Å². The third kappa shape index (κ3) is 551. The normalized spacial score (nSPS) is 8.56. The third-order valence-corrected chi connectivity index (χ3v) is 0. The van der Waals surface area contributed by atoms with Gasteiger partial charge < -0.3 is 18.9 Å². The summed E-state index contributed by atoms with van der Waals surface area (Å²) in [5, 5.41) is 7.53. The molecule has 0 saturated carbocycles. The summed E-state index contributed by atoms with van der Waals surface area (Å²) in [7, 11) is -3.50. The zero-order valence-electron chi connectivity index (χ0n) is 4.52. The first-order valence-corrected chi connectivity index (χ1v) is 4.37. The first kappa shape index (κ1) is 16.5. The maximum atomic E-state index is 8.46. The molecule has 0 rings (SSSR count). The number of hydrogen-bond acceptors (Lipinski definition) is 5. The van der Waals surface area contributed by atoms with Crippen molar-refractivity contribution in [3.63, 3.8) is 0 Å². The van der Waals surface area contributed by atoms with E-state index in [1.54, 1.807) is 0 Å². The van der Waals surface area contributed by atoms with Crippen LogP contribution >= 0.6 is 17.4 Å². The monoisotopic (exact) mass is 188 g/mol. The van der Waals surface area contributed by atoms with Crippen molar-refractivity contribution in [3.05, 3.63) is 0 Å². The van der Waals surface area contributed by atoms with Gasteiger partial charge in [-0.15, -0.1) is 0 Å². The molecular weight excluding hydrogens is 181 g/mol. The fraction of sp³-hybridized carbons (Fsp3) is 1.00. The Bertz CT molecular complexity index is 44.2. The molecule has 0 bridgehead atoms. The molecule has 2 atom stereocenters. The van der Waals surface area contributed by atoms with E-state index >= 15 is 0 Å². The second kappa shape index (κ2) is 36.7. The second-order valence-corrected chi connectivity index (χ2v) is 1.13. The Morgan fingerprint density at radius 3 is 1.33 bits per heavy atom. The van der Waals surface area contributed by atoms with E-state index in [1.165, 1.54) is 0 Å². The Hall–Kier alpha value is 0.872. The Morgan fingerprint density at radius 2 is 1.33 bits per heavy atom. The molecule has 0 heterocycles. The molecule has 2 unspecified atom stereocenters. The minimum absolute atomic E-state index is 0.167. The summed E-state index contributed by atoms with van der Waals surface area (Å²) in [6.07, 6.45) is 0. The first-order chi connectivity index (χ1) is 4.24. The van der Waals surface area contributed by atoms with E-state index in [1.807, 2.05) is 0 Å². The maximum absolute atomic E-state index is 8.46. The van der Waals surface area contributed by atoms with Gasteiger partial charge in [-0.1, -0.05) is 0 Å². The van der Waals surface area contributed by atoms with Crippen molar-refractivity contribution in [3.8, 4) is 0 Å². The van der Waals surface area contributed by atoms with Gasteiger partial charge in [-0.25, -0.2) is 0 Å². The van der Waals surface area contributed by atoms with E-state index in [0.717, 1.165) is 0 Å². The molecule has 0 saturated heterocycles. The Kier molecular flexibility index (Phi) is 67.0. The molecule has 0 radical (unpaired) electrons. The van der Waals surface area contributed by atoms with Crippen LogP contribution in [-0.4, -0.2) is 26.9 Å². The molecule has 0 aromatic rings. The predicted molar refractivity (Wildman–Crippen MR) is 33.6 cm³/mol. The van der Waals surface area contributed by atoms with Crippen molar-refractivity contribution in [2.24, 2.45) is 0 Å². The van der Waals surface area contributed by atoms with Crippen molar-refractivity contribution in [1.29, 1.82) is 0 Å². The van der Waals surface area contributed by atoms with Gasteiger partial charge >= 0.3 is 26.9 Å². The average Bonchev–Trinajstić information content (AvgIpc) is 1.70. The van der Waals surface area contributed by atoms with Crippen LogP contribution in [0, 0.1) is 0 Å². The quantitative estimate of drug-likeness (QED) is 0.325. The van der Waals surface area contributed by atoms with Crippen LogP contribution in [0.2, 0.25) is 0 Å². The zero-order valence-corrected chi connectivity index (χ0v) is 7.98. The molecule has 0 aromatic heterocycles. The van der Waals surface area contributed by atoms with Crippen molar-refractivity contribution in [2.45, 2.75) is 0 Å². The molecule has 0 aliphatic rings. The number of hydrogen-bond donors (Lipinski definition) is 1. The Balaban J connectivity index is -0.0000000600. The van der Waals surface area contributed by atoms with E-state index in [0.29, 0.717) is 0 Å². The topological polar surface area (TPSA) is 100 Å². The van der Waals surface area contributed by atoms with Gasteiger partial charge in [0.2, 0.25) is 0 Å². The SMILES string of the molecule is O=[PH2][O-].O=[PH2][O-].O[CH2][Al+2]. The summed E-state index contributed by atoms with van der Waals surface area (Å²) >= 11 is 2.13. The third-order valence-electron chi connectivity index (χ3n) is 0. The van der Waals surface area contributed by atoms with Crippen molar-refractivity contribution >= 4 is 33.7 Å². The van der Waals surface area contributed by atoms with Crippen LogP contribution in [0.15, 0.2) is 0 Å². The van der Waals surface area contributed by atoms with Gasteiger partial charge in [0, 0.05) is 0 Å². The van der Waals surface area contributed by atoms with Gasteiger partial charge in [-0.3, -0.25) is 0 Å². The number of aliphatic hydroxyl groups is 1. The number of aliphatic hydroxyl groups excluding tert-OH is 1. The van der Waals surface area contributed by atoms with Crippen LogP contribution in [0.25, 0.3) is 0 Å². The van der Waals surface area contributed by atoms with Crippen LogP contribution in [0.1, 0.15) is 0 Å². The molecular formula is CH7AlO5P2. The molecule has 0 fully saturated rings. The standard InChI is InChI=1S/CH3O.Al.2H3O2P/c1-2;;2*1-3-2/h2H,1H2;;2*3H2,(H,1,2)/q;+2;;/p-2. The van der Waals surface area contributed by atoms with Crippen molar-refractivity contribution in [2.75, 3.05) is 5.47 Å². The average molecular weight is 188 g/mol. The number of rotatable bonds is 0. The summed E-state index contributed by atoms with van der Waals surface area (Å²) in [5.74, 6) is 0. The summed E-state index contributed by atoms with van der Waals surface area (Å²) in [5.41, 5.74) is 0.167. The van der Waals surface area contributed by atoms with E-state index in [9.17, 15) is 0 Å². The van der Waals surface area contributed by atoms with Crippen LogP contribution in [-0.2, 0) is 9.13 Å². The van der Waals surface area contributed by atoms with Crippen LogP contribution in [0.4, 0.5) is 0 Å². The summed E-state index contributed by atoms with van der Waals surface area (Å²) in [6, 6.07) is 0. The Labute approximate surface area is 63.7 Å². The van der Waals surface area contributed by atoms with Crippen LogP contribution in [0.3, 0.4) is 0 Å². The second-order valence-electron chi connectivity index (χ2n) is 0.375. The van der Waals surface area contributed by atoms with E-state index < -0.39 is 17.4 Å². The molecule has 0 amide bonds. The van der Waals surface area contributed by atoms with Crippen LogP contribution < -0.4 is 9.79 Å².